The molecule has 3 heterocycles. The van der Waals surface area contributed by atoms with E-state index in [1.807, 2.05) is 31.2 Å². The number of thiophene rings is 1. The van der Waals surface area contributed by atoms with Gasteiger partial charge < -0.3 is 15.0 Å². The fourth-order valence-electron chi connectivity index (χ4n) is 4.47. The van der Waals surface area contributed by atoms with E-state index in [-0.39, 0.29) is 52.6 Å². The van der Waals surface area contributed by atoms with Gasteiger partial charge in [0.15, 0.2) is 5.69 Å². The number of carbonyl (C=O) groups is 3. The largest absolute Gasteiger partial charge is 0.461 e. The Morgan fingerprint density at radius 1 is 1.18 bits per heavy atom. The molecule has 38 heavy (non-hydrogen) atoms. The van der Waals surface area contributed by atoms with Crippen LogP contribution in [-0.2, 0) is 14.3 Å². The summed E-state index contributed by atoms with van der Waals surface area (Å²) in [7, 11) is 0. The van der Waals surface area contributed by atoms with E-state index >= 15 is 0 Å². The molecule has 11 heteroatoms. The van der Waals surface area contributed by atoms with Gasteiger partial charge in [-0.05, 0) is 43.7 Å². The van der Waals surface area contributed by atoms with Crippen molar-refractivity contribution in [2.75, 3.05) is 23.4 Å². The lowest BCUT2D eigenvalue weighted by Crippen LogP contribution is -2.29. The molecule has 1 atom stereocenters. The molecule has 0 radical (unpaired) electrons. The molecule has 0 aliphatic carbocycles. The number of benzene rings is 2. The van der Waals surface area contributed by atoms with Crippen molar-refractivity contribution >= 4 is 50.6 Å². The first-order chi connectivity index (χ1) is 18.3. The Morgan fingerprint density at radius 2 is 1.97 bits per heavy atom. The summed E-state index contributed by atoms with van der Waals surface area (Å²) in [5, 5.41) is 8.95. The third kappa shape index (κ3) is 4.56. The average molecular weight is 535 g/mol. The molecular weight excluding hydrogens is 511 g/mol. The Labute approximate surface area is 220 Å². The van der Waals surface area contributed by atoms with E-state index in [1.165, 1.54) is 18.2 Å². The number of aryl methyl sites for hydroxylation is 1. The topological polar surface area (TPSA) is 111 Å². The van der Waals surface area contributed by atoms with Gasteiger partial charge in [0.05, 0.1) is 23.6 Å². The summed E-state index contributed by atoms with van der Waals surface area (Å²) in [6.45, 7) is 3.82. The van der Waals surface area contributed by atoms with Crippen molar-refractivity contribution in [2.45, 2.75) is 20.3 Å². The molecule has 2 aromatic heterocycles. The molecule has 1 aliphatic heterocycles. The summed E-state index contributed by atoms with van der Waals surface area (Å²) in [5.74, 6) is -2.58. The molecule has 4 aromatic rings. The highest BCUT2D eigenvalue weighted by Gasteiger charge is 2.36. The van der Waals surface area contributed by atoms with E-state index in [4.69, 9.17) is 4.74 Å². The molecule has 0 spiro atoms. The highest BCUT2D eigenvalue weighted by atomic mass is 32.1. The van der Waals surface area contributed by atoms with E-state index in [0.717, 1.165) is 33.3 Å². The maximum absolute atomic E-state index is 13.9. The summed E-state index contributed by atoms with van der Waals surface area (Å²) in [6, 6.07) is 12.7. The zero-order chi connectivity index (χ0) is 27.0. The van der Waals surface area contributed by atoms with Crippen molar-refractivity contribution in [3.05, 3.63) is 81.3 Å². The number of rotatable bonds is 6. The predicted molar refractivity (Wildman–Crippen MR) is 141 cm³/mol. The van der Waals surface area contributed by atoms with Crippen LogP contribution in [0.15, 0.2) is 58.7 Å². The van der Waals surface area contributed by atoms with Crippen LogP contribution in [0.1, 0.15) is 29.4 Å². The van der Waals surface area contributed by atoms with Gasteiger partial charge in [-0.2, -0.15) is 9.78 Å². The highest BCUT2D eigenvalue weighted by Crippen LogP contribution is 2.33. The molecule has 1 saturated heterocycles. The monoisotopic (exact) mass is 534 g/mol. The second-order valence-corrected chi connectivity index (χ2v) is 9.68. The quantitative estimate of drug-likeness (QED) is 0.374. The van der Waals surface area contributed by atoms with E-state index in [0.29, 0.717) is 0 Å². The van der Waals surface area contributed by atoms with Gasteiger partial charge in [-0.1, -0.05) is 24.3 Å². The summed E-state index contributed by atoms with van der Waals surface area (Å²) in [4.78, 5) is 53.8. The number of hydrogen-bond acceptors (Lipinski definition) is 7. The first-order valence-electron chi connectivity index (χ1n) is 11.9. The third-order valence-electron chi connectivity index (χ3n) is 6.31. The van der Waals surface area contributed by atoms with Crippen LogP contribution in [0, 0.1) is 18.7 Å². The molecule has 2 aromatic carbocycles. The van der Waals surface area contributed by atoms with E-state index < -0.39 is 29.2 Å². The van der Waals surface area contributed by atoms with Crippen LogP contribution in [-0.4, -0.2) is 40.7 Å². The standard InChI is InChI=1S/C27H23FN4O5S/c1-3-37-27(36)23-19-14-38-25(22(19)26(35)32(30-23)18-9-6-8-17(28)12-18)29-24(34)16-11-21(33)31(13-16)20-10-5-4-7-15(20)2/h4-10,12,14,16H,3,11,13H2,1-2H3,(H,29,34). The fraction of sp³-hybridized carbons (Fsp3) is 0.222. The molecule has 1 N–H and O–H groups in total. The minimum Gasteiger partial charge on any atom is -0.461 e. The summed E-state index contributed by atoms with van der Waals surface area (Å²) in [6.07, 6.45) is 0.0205. The van der Waals surface area contributed by atoms with Crippen LogP contribution < -0.4 is 15.8 Å². The lowest BCUT2D eigenvalue weighted by atomic mass is 10.1. The number of aromatic nitrogens is 2. The normalized spacial score (nSPS) is 15.2. The smallest absolute Gasteiger partial charge is 0.359 e. The van der Waals surface area contributed by atoms with Crippen LogP contribution in [0.25, 0.3) is 16.5 Å². The number of hydrogen-bond donors (Lipinski definition) is 1. The number of halogens is 1. The van der Waals surface area contributed by atoms with Crippen molar-refractivity contribution < 1.29 is 23.5 Å². The SMILES string of the molecule is CCOC(=O)c1nn(-c2cccc(F)c2)c(=O)c2c(NC(=O)C3CC(=O)N(c4ccccc4C)C3)scc12. The van der Waals surface area contributed by atoms with E-state index in [2.05, 4.69) is 10.4 Å². The molecule has 5 rings (SSSR count). The van der Waals surface area contributed by atoms with Crippen molar-refractivity contribution in [1.82, 2.24) is 9.78 Å². The summed E-state index contributed by atoms with van der Waals surface area (Å²) >= 11 is 1.06. The van der Waals surface area contributed by atoms with Crippen LogP contribution in [0.4, 0.5) is 15.1 Å². The number of carbonyl (C=O) groups excluding carboxylic acids is 3. The van der Waals surface area contributed by atoms with Crippen LogP contribution in [0.3, 0.4) is 0 Å². The zero-order valence-corrected chi connectivity index (χ0v) is 21.4. The number of amides is 2. The second kappa shape index (κ2) is 10.2. The molecule has 0 bridgehead atoms. The number of nitrogens with zero attached hydrogens (tertiary/aromatic N) is 3. The van der Waals surface area contributed by atoms with E-state index in [1.54, 1.807) is 17.2 Å². The lowest BCUT2D eigenvalue weighted by Gasteiger charge is -2.18. The summed E-state index contributed by atoms with van der Waals surface area (Å²) in [5.41, 5.74) is 1.00. The fourth-order valence-corrected chi connectivity index (χ4v) is 5.41. The molecule has 9 nitrogen and oxygen atoms in total. The van der Waals surface area contributed by atoms with Gasteiger partial charge in [0.2, 0.25) is 11.8 Å². The average Bonchev–Trinajstić information content (AvgIpc) is 3.49. The first kappa shape index (κ1) is 25.3. The van der Waals surface area contributed by atoms with Crippen LogP contribution in [0.5, 0.6) is 0 Å². The first-order valence-corrected chi connectivity index (χ1v) is 12.8. The van der Waals surface area contributed by atoms with Crippen molar-refractivity contribution in [3.8, 4) is 5.69 Å². The van der Waals surface area contributed by atoms with Gasteiger partial charge in [-0.25, -0.2) is 9.18 Å². The van der Waals surface area contributed by atoms with Crippen molar-refractivity contribution in [2.24, 2.45) is 5.92 Å². The Bertz CT molecular complexity index is 1650. The molecule has 2 amide bonds. The van der Waals surface area contributed by atoms with Gasteiger partial charge >= 0.3 is 5.97 Å². The number of anilines is 2. The van der Waals surface area contributed by atoms with Gasteiger partial charge in [-0.15, -0.1) is 11.3 Å². The number of ether oxygens (including phenoxy) is 1. The number of para-hydroxylation sites is 1. The van der Waals surface area contributed by atoms with E-state index in [9.17, 15) is 23.6 Å². The minimum absolute atomic E-state index is 0.0205. The minimum atomic E-state index is -0.756. The Hall–Kier alpha value is -4.38. The Kier molecular flexibility index (Phi) is 6.77. The maximum Gasteiger partial charge on any atom is 0.359 e. The zero-order valence-electron chi connectivity index (χ0n) is 20.6. The van der Waals surface area contributed by atoms with Gasteiger partial charge in [0.25, 0.3) is 5.56 Å². The predicted octanol–water partition coefficient (Wildman–Crippen LogP) is 4.06. The Balaban J connectivity index is 1.52. The Morgan fingerprint density at radius 3 is 2.71 bits per heavy atom. The maximum atomic E-state index is 13.9. The molecular formula is C27H23FN4O5S. The molecule has 194 valence electrons. The molecule has 1 unspecified atom stereocenters. The van der Waals surface area contributed by atoms with Crippen LogP contribution in [0.2, 0.25) is 0 Å². The summed E-state index contributed by atoms with van der Waals surface area (Å²) < 4.78 is 20.0. The van der Waals surface area contributed by atoms with Gasteiger partial charge in [0, 0.05) is 29.4 Å². The number of fused-ring (bicyclic) bond motifs is 1. The third-order valence-corrected chi connectivity index (χ3v) is 7.21. The second-order valence-electron chi connectivity index (χ2n) is 8.80. The van der Waals surface area contributed by atoms with Crippen molar-refractivity contribution in [3.63, 3.8) is 0 Å². The van der Waals surface area contributed by atoms with Gasteiger partial charge in [0.1, 0.15) is 10.8 Å². The molecule has 1 aliphatic rings. The van der Waals surface area contributed by atoms with Gasteiger partial charge in [-0.3, -0.25) is 14.4 Å². The molecule has 1 fully saturated rings. The number of esters is 1. The lowest BCUT2D eigenvalue weighted by molar-refractivity contribution is -0.122. The number of nitrogens with one attached hydrogen (secondary N) is 1. The molecule has 0 saturated carbocycles. The van der Waals surface area contributed by atoms with Crippen LogP contribution >= 0.6 is 11.3 Å². The highest BCUT2D eigenvalue weighted by molar-refractivity contribution is 7.16. The van der Waals surface area contributed by atoms with Crippen molar-refractivity contribution in [1.29, 1.82) is 0 Å².